The Bertz CT molecular complexity index is 723. The van der Waals surface area contributed by atoms with Crippen molar-refractivity contribution in [3.63, 3.8) is 0 Å². The molecule has 0 aliphatic carbocycles. The van der Waals surface area contributed by atoms with E-state index in [1.54, 1.807) is 0 Å². The Morgan fingerprint density at radius 2 is 2.00 bits per heavy atom. The molecule has 1 aliphatic heterocycles. The van der Waals surface area contributed by atoms with Crippen molar-refractivity contribution in [3.05, 3.63) is 45.7 Å². The number of piperazine rings is 1. The summed E-state index contributed by atoms with van der Waals surface area (Å²) >= 11 is 3.44. The average Bonchev–Trinajstić information content (AvgIpc) is 2.82. The molecule has 3 rings (SSSR count). The first-order chi connectivity index (χ1) is 11.0. The van der Waals surface area contributed by atoms with E-state index in [9.17, 15) is 4.79 Å². The van der Waals surface area contributed by atoms with Crippen molar-refractivity contribution in [2.24, 2.45) is 0 Å². The maximum atomic E-state index is 12.9. The molecule has 23 heavy (non-hydrogen) atoms. The molecule has 0 unspecified atom stereocenters. The Hall–Kier alpha value is -1.66. The van der Waals surface area contributed by atoms with Crippen LogP contribution in [0.5, 0.6) is 0 Å². The summed E-state index contributed by atoms with van der Waals surface area (Å²) in [7, 11) is 0. The highest BCUT2D eigenvalue weighted by atomic mass is 79.9. The molecule has 0 bridgehead atoms. The van der Waals surface area contributed by atoms with E-state index < -0.39 is 0 Å². The lowest BCUT2D eigenvalue weighted by Crippen LogP contribution is -2.51. The van der Waals surface area contributed by atoms with Crippen molar-refractivity contribution >= 4 is 21.8 Å². The van der Waals surface area contributed by atoms with Crippen LogP contribution < -0.4 is 5.32 Å². The zero-order valence-corrected chi connectivity index (χ0v) is 15.2. The summed E-state index contributed by atoms with van der Waals surface area (Å²) in [4.78, 5) is 14.8. The highest BCUT2D eigenvalue weighted by molar-refractivity contribution is 9.10. The number of rotatable bonds is 2. The lowest BCUT2D eigenvalue weighted by Gasteiger charge is -2.32. The number of hydrogen-bond donors (Lipinski definition) is 1. The molecule has 1 amide bonds. The second-order valence-electron chi connectivity index (χ2n) is 6.04. The van der Waals surface area contributed by atoms with E-state index in [4.69, 9.17) is 0 Å². The first-order valence-corrected chi connectivity index (χ1v) is 8.61. The van der Waals surface area contributed by atoms with Gasteiger partial charge >= 0.3 is 0 Å². The second-order valence-corrected chi connectivity index (χ2v) is 6.96. The molecule has 122 valence electrons. The minimum atomic E-state index is 0.0803. The number of carbonyl (C=O) groups is 1. The molecule has 1 saturated heterocycles. The van der Waals surface area contributed by atoms with Gasteiger partial charge in [0.05, 0.1) is 22.6 Å². The summed E-state index contributed by atoms with van der Waals surface area (Å²) in [5.74, 6) is 0.0803. The molecular weight excluding hydrogens is 356 g/mol. The molecule has 5 nitrogen and oxygen atoms in total. The smallest absolute Gasteiger partial charge is 0.257 e. The molecule has 2 aromatic rings. The van der Waals surface area contributed by atoms with Crippen LogP contribution in [-0.2, 0) is 0 Å². The van der Waals surface area contributed by atoms with E-state index in [0.29, 0.717) is 6.04 Å². The Kier molecular flexibility index (Phi) is 4.55. The fraction of sp³-hybridized carbons (Fsp3) is 0.412. The molecule has 6 heteroatoms. The predicted octanol–water partition coefficient (Wildman–Crippen LogP) is 2.69. The zero-order valence-electron chi connectivity index (χ0n) is 13.6. The number of hydrogen-bond acceptors (Lipinski definition) is 3. The van der Waals surface area contributed by atoms with Crippen LogP contribution in [0, 0.1) is 13.8 Å². The minimum absolute atomic E-state index is 0.0803. The van der Waals surface area contributed by atoms with Crippen LogP contribution in [-0.4, -0.2) is 46.3 Å². The monoisotopic (exact) mass is 376 g/mol. The molecule has 1 atom stereocenters. The Morgan fingerprint density at radius 1 is 1.30 bits per heavy atom. The second kappa shape index (κ2) is 6.45. The molecule has 0 radical (unpaired) electrons. The van der Waals surface area contributed by atoms with Gasteiger partial charge in [-0.15, -0.1) is 0 Å². The number of aromatic nitrogens is 2. The first kappa shape index (κ1) is 16.2. The van der Waals surface area contributed by atoms with Crippen LogP contribution in [0.2, 0.25) is 0 Å². The molecule has 0 saturated carbocycles. The van der Waals surface area contributed by atoms with Crippen molar-refractivity contribution in [2.75, 3.05) is 19.6 Å². The molecule has 1 N–H and O–H groups in total. The summed E-state index contributed by atoms with van der Waals surface area (Å²) in [6.45, 7) is 8.28. The van der Waals surface area contributed by atoms with Gasteiger partial charge in [0.15, 0.2) is 0 Å². The van der Waals surface area contributed by atoms with Crippen molar-refractivity contribution in [1.29, 1.82) is 0 Å². The topological polar surface area (TPSA) is 50.2 Å². The number of aryl methyl sites for hydroxylation is 1. The van der Waals surface area contributed by atoms with E-state index in [1.165, 1.54) is 0 Å². The molecule has 1 aromatic carbocycles. The summed E-state index contributed by atoms with van der Waals surface area (Å²) in [6, 6.07) is 8.26. The quantitative estimate of drug-likeness (QED) is 0.876. The van der Waals surface area contributed by atoms with Crippen molar-refractivity contribution in [1.82, 2.24) is 20.0 Å². The van der Waals surface area contributed by atoms with Crippen LogP contribution in [0.4, 0.5) is 0 Å². The number of halogens is 1. The number of carbonyl (C=O) groups excluding carboxylic acids is 1. The summed E-state index contributed by atoms with van der Waals surface area (Å²) in [5, 5.41) is 7.95. The molecule has 1 fully saturated rings. The SMILES string of the molecule is Cc1nn(-c2ccc(Br)cc2)c(C)c1C(=O)N1CCN[C@H](C)C1. The lowest BCUT2D eigenvalue weighted by molar-refractivity contribution is 0.0707. The number of nitrogens with zero attached hydrogens (tertiary/aromatic N) is 3. The zero-order chi connectivity index (χ0) is 16.6. The van der Waals surface area contributed by atoms with E-state index in [2.05, 4.69) is 33.3 Å². The normalized spacial score (nSPS) is 18.3. The Balaban J connectivity index is 1.94. The van der Waals surface area contributed by atoms with E-state index in [-0.39, 0.29) is 5.91 Å². The van der Waals surface area contributed by atoms with Crippen LogP contribution in [0.1, 0.15) is 28.7 Å². The third-order valence-corrected chi connectivity index (χ3v) is 4.76. The molecule has 2 heterocycles. The van der Waals surface area contributed by atoms with Gasteiger partial charge in [0, 0.05) is 30.1 Å². The maximum Gasteiger partial charge on any atom is 0.257 e. The third-order valence-electron chi connectivity index (χ3n) is 4.23. The van der Waals surface area contributed by atoms with Crippen LogP contribution in [0.25, 0.3) is 5.69 Å². The van der Waals surface area contributed by atoms with Crippen LogP contribution in [0.3, 0.4) is 0 Å². The fourth-order valence-electron chi connectivity index (χ4n) is 3.06. The van der Waals surface area contributed by atoms with Gasteiger partial charge in [-0.2, -0.15) is 5.10 Å². The Labute approximate surface area is 144 Å². The standard InChI is InChI=1S/C17H21BrN4O/c1-11-10-21(9-8-19-11)17(23)16-12(2)20-22(13(16)3)15-6-4-14(18)5-7-15/h4-7,11,19H,8-10H2,1-3H3/t11-/m1/s1. The molecular formula is C17H21BrN4O. The summed E-state index contributed by atoms with van der Waals surface area (Å²) in [6.07, 6.45) is 0. The van der Waals surface area contributed by atoms with Crippen molar-refractivity contribution in [2.45, 2.75) is 26.8 Å². The molecule has 1 aromatic heterocycles. The largest absolute Gasteiger partial charge is 0.336 e. The van der Waals surface area contributed by atoms with Gasteiger partial charge in [0.2, 0.25) is 0 Å². The minimum Gasteiger partial charge on any atom is -0.336 e. The van der Waals surface area contributed by atoms with Crippen molar-refractivity contribution in [3.8, 4) is 5.69 Å². The summed E-state index contributed by atoms with van der Waals surface area (Å²) in [5.41, 5.74) is 3.35. The first-order valence-electron chi connectivity index (χ1n) is 7.82. The predicted molar refractivity (Wildman–Crippen MR) is 94.1 cm³/mol. The molecule has 1 aliphatic rings. The van der Waals surface area contributed by atoms with Gasteiger partial charge in [-0.05, 0) is 45.0 Å². The average molecular weight is 377 g/mol. The number of nitrogens with one attached hydrogen (secondary N) is 1. The van der Waals surface area contributed by atoms with E-state index in [1.807, 2.05) is 47.7 Å². The van der Waals surface area contributed by atoms with Crippen LogP contribution in [0.15, 0.2) is 28.7 Å². The maximum absolute atomic E-state index is 12.9. The molecule has 0 spiro atoms. The number of amides is 1. The van der Waals surface area contributed by atoms with Crippen molar-refractivity contribution < 1.29 is 4.79 Å². The van der Waals surface area contributed by atoms with E-state index >= 15 is 0 Å². The van der Waals surface area contributed by atoms with E-state index in [0.717, 1.165) is 46.7 Å². The third kappa shape index (κ3) is 3.19. The number of benzene rings is 1. The van der Waals surface area contributed by atoms with Gasteiger partial charge < -0.3 is 10.2 Å². The summed E-state index contributed by atoms with van der Waals surface area (Å²) < 4.78 is 2.87. The van der Waals surface area contributed by atoms with Gasteiger partial charge in [-0.3, -0.25) is 4.79 Å². The fourth-order valence-corrected chi connectivity index (χ4v) is 3.33. The van der Waals surface area contributed by atoms with Gasteiger partial charge in [-0.1, -0.05) is 15.9 Å². The van der Waals surface area contributed by atoms with Gasteiger partial charge in [0.1, 0.15) is 0 Å². The van der Waals surface area contributed by atoms with Gasteiger partial charge in [-0.25, -0.2) is 4.68 Å². The lowest BCUT2D eigenvalue weighted by atomic mass is 10.1. The highest BCUT2D eigenvalue weighted by Crippen LogP contribution is 2.21. The Morgan fingerprint density at radius 3 is 2.65 bits per heavy atom. The highest BCUT2D eigenvalue weighted by Gasteiger charge is 2.27. The van der Waals surface area contributed by atoms with Gasteiger partial charge in [0.25, 0.3) is 5.91 Å². The van der Waals surface area contributed by atoms with Crippen LogP contribution >= 0.6 is 15.9 Å².